The van der Waals surface area contributed by atoms with Crippen molar-refractivity contribution in [2.75, 3.05) is 0 Å². The third-order valence-corrected chi connectivity index (χ3v) is 3.76. The number of H-pyrrole nitrogens is 1. The van der Waals surface area contributed by atoms with Crippen LogP contribution in [0.3, 0.4) is 0 Å². The lowest BCUT2D eigenvalue weighted by atomic mass is 10.0. The first-order valence-electron chi connectivity index (χ1n) is 5.83. The number of hydrogen-bond donors (Lipinski definition) is 1. The van der Waals surface area contributed by atoms with Crippen molar-refractivity contribution in [3.05, 3.63) is 69.8 Å². The van der Waals surface area contributed by atoms with Crippen LogP contribution in [0.25, 0.3) is 10.9 Å². The molecule has 0 atom stereocenters. The van der Waals surface area contributed by atoms with Crippen molar-refractivity contribution in [3.8, 4) is 0 Å². The second-order valence-corrected chi connectivity index (χ2v) is 5.17. The van der Waals surface area contributed by atoms with Gasteiger partial charge in [-0.2, -0.15) is 0 Å². The van der Waals surface area contributed by atoms with Gasteiger partial charge in [-0.1, -0.05) is 22.0 Å². The molecule has 1 heterocycles. The Bertz CT molecular complexity index is 826. The van der Waals surface area contributed by atoms with Crippen LogP contribution >= 0.6 is 15.9 Å². The fourth-order valence-corrected chi connectivity index (χ4v) is 2.56. The Morgan fingerprint density at radius 1 is 1.10 bits per heavy atom. The number of fused-ring (bicyclic) bond motifs is 1. The molecule has 0 bridgehead atoms. The van der Waals surface area contributed by atoms with Gasteiger partial charge in [0.15, 0.2) is 5.78 Å². The molecular weight excluding hydrogens is 328 g/mol. The van der Waals surface area contributed by atoms with Crippen LogP contribution in [-0.4, -0.2) is 10.8 Å². The molecule has 20 heavy (non-hydrogen) atoms. The van der Waals surface area contributed by atoms with Crippen LogP contribution in [0.15, 0.2) is 47.1 Å². The van der Waals surface area contributed by atoms with Crippen LogP contribution in [-0.2, 0) is 0 Å². The molecule has 2 aromatic carbocycles. The van der Waals surface area contributed by atoms with Crippen LogP contribution in [0, 0.1) is 11.6 Å². The number of ketones is 1. The molecule has 0 radical (unpaired) electrons. The first-order valence-corrected chi connectivity index (χ1v) is 6.62. The smallest absolute Gasteiger partial charge is 0.196 e. The van der Waals surface area contributed by atoms with E-state index in [9.17, 15) is 13.6 Å². The summed E-state index contributed by atoms with van der Waals surface area (Å²) in [5, 5.41) is 0.216. The summed E-state index contributed by atoms with van der Waals surface area (Å²) in [5.74, 6) is -1.44. The van der Waals surface area contributed by atoms with Crippen molar-refractivity contribution in [1.29, 1.82) is 0 Å². The van der Waals surface area contributed by atoms with Gasteiger partial charge in [-0.25, -0.2) is 8.78 Å². The summed E-state index contributed by atoms with van der Waals surface area (Å²) >= 11 is 3.21. The number of carbonyl (C=O) groups excluding carboxylic acids is 1. The lowest BCUT2D eigenvalue weighted by Crippen LogP contribution is -2.03. The molecule has 0 aliphatic heterocycles. The van der Waals surface area contributed by atoms with E-state index in [1.807, 2.05) is 0 Å². The minimum atomic E-state index is -0.517. The van der Waals surface area contributed by atoms with Crippen LogP contribution in [0.4, 0.5) is 8.78 Å². The molecule has 2 nitrogen and oxygen atoms in total. The minimum absolute atomic E-state index is 0.161. The highest BCUT2D eigenvalue weighted by Gasteiger charge is 2.19. The van der Waals surface area contributed by atoms with Gasteiger partial charge in [0.05, 0.1) is 5.56 Å². The predicted molar refractivity (Wildman–Crippen MR) is 75.8 cm³/mol. The largest absolute Gasteiger partial charge is 0.360 e. The first kappa shape index (κ1) is 13.0. The standard InChI is InChI=1S/C15H8BrF2NO/c16-11-5-4-8(17)6-9(11)15(20)10-7-19-13-3-1-2-12(18)14(10)13/h1-7,19H. The van der Waals surface area contributed by atoms with Crippen LogP contribution in [0.5, 0.6) is 0 Å². The molecule has 3 rings (SSSR count). The van der Waals surface area contributed by atoms with E-state index in [1.54, 1.807) is 12.1 Å². The molecule has 0 spiro atoms. The van der Waals surface area contributed by atoms with E-state index in [-0.39, 0.29) is 16.5 Å². The highest BCUT2D eigenvalue weighted by atomic mass is 79.9. The van der Waals surface area contributed by atoms with Gasteiger partial charge in [-0.05, 0) is 30.3 Å². The van der Waals surface area contributed by atoms with E-state index in [2.05, 4.69) is 20.9 Å². The van der Waals surface area contributed by atoms with Crippen LogP contribution in [0.2, 0.25) is 0 Å². The average molecular weight is 336 g/mol. The summed E-state index contributed by atoms with van der Waals surface area (Å²) in [5.41, 5.74) is 0.874. The second-order valence-electron chi connectivity index (χ2n) is 4.32. The van der Waals surface area contributed by atoms with E-state index >= 15 is 0 Å². The normalized spacial score (nSPS) is 10.9. The van der Waals surface area contributed by atoms with E-state index in [0.717, 1.165) is 6.07 Å². The Balaban J connectivity index is 2.21. The Kier molecular flexibility index (Phi) is 3.14. The second kappa shape index (κ2) is 4.83. The summed E-state index contributed by atoms with van der Waals surface area (Å²) in [4.78, 5) is 15.3. The van der Waals surface area contributed by atoms with Gasteiger partial charge in [0.2, 0.25) is 0 Å². The SMILES string of the molecule is O=C(c1cc(F)ccc1Br)c1c[nH]c2cccc(F)c12. The minimum Gasteiger partial charge on any atom is -0.360 e. The molecule has 0 aliphatic rings. The maximum atomic E-state index is 13.9. The number of carbonyl (C=O) groups is 1. The summed E-state index contributed by atoms with van der Waals surface area (Å²) in [7, 11) is 0. The highest BCUT2D eigenvalue weighted by molar-refractivity contribution is 9.10. The van der Waals surface area contributed by atoms with E-state index in [4.69, 9.17) is 0 Å². The van der Waals surface area contributed by atoms with Gasteiger partial charge in [0.1, 0.15) is 11.6 Å². The highest BCUT2D eigenvalue weighted by Crippen LogP contribution is 2.27. The lowest BCUT2D eigenvalue weighted by molar-refractivity contribution is 0.103. The van der Waals surface area contributed by atoms with Crippen molar-refractivity contribution in [1.82, 2.24) is 4.98 Å². The summed E-state index contributed by atoms with van der Waals surface area (Å²) in [6, 6.07) is 8.35. The molecular formula is C15H8BrF2NO. The van der Waals surface area contributed by atoms with Crippen molar-refractivity contribution in [3.63, 3.8) is 0 Å². The molecule has 0 unspecified atom stereocenters. The van der Waals surface area contributed by atoms with Gasteiger partial charge >= 0.3 is 0 Å². The fourth-order valence-electron chi connectivity index (χ4n) is 2.14. The molecule has 0 amide bonds. The quantitative estimate of drug-likeness (QED) is 0.690. The van der Waals surface area contributed by atoms with Gasteiger partial charge < -0.3 is 4.98 Å². The number of nitrogens with one attached hydrogen (secondary N) is 1. The van der Waals surface area contributed by atoms with Gasteiger partial charge in [0.25, 0.3) is 0 Å². The van der Waals surface area contributed by atoms with Crippen molar-refractivity contribution < 1.29 is 13.6 Å². The van der Waals surface area contributed by atoms with Gasteiger partial charge in [-0.3, -0.25) is 4.79 Å². The molecule has 1 N–H and O–H groups in total. The monoisotopic (exact) mass is 335 g/mol. The number of aromatic nitrogens is 1. The maximum absolute atomic E-state index is 13.9. The zero-order valence-corrected chi connectivity index (χ0v) is 11.7. The van der Waals surface area contributed by atoms with Crippen molar-refractivity contribution >= 4 is 32.6 Å². The zero-order chi connectivity index (χ0) is 14.3. The topological polar surface area (TPSA) is 32.9 Å². The average Bonchev–Trinajstić information content (AvgIpc) is 2.86. The molecule has 3 aromatic rings. The summed E-state index contributed by atoms with van der Waals surface area (Å²) in [6.07, 6.45) is 1.44. The van der Waals surface area contributed by atoms with Crippen molar-refractivity contribution in [2.24, 2.45) is 0 Å². The molecule has 0 fully saturated rings. The molecule has 1 aromatic heterocycles. The van der Waals surface area contributed by atoms with Crippen molar-refractivity contribution in [2.45, 2.75) is 0 Å². The Hall–Kier alpha value is -2.01. The molecule has 0 saturated heterocycles. The molecule has 0 aliphatic carbocycles. The van der Waals surface area contributed by atoms with Gasteiger partial charge in [-0.15, -0.1) is 0 Å². The summed E-state index contributed by atoms with van der Waals surface area (Å²) in [6.45, 7) is 0. The van der Waals surface area contributed by atoms with Crippen LogP contribution in [0.1, 0.15) is 15.9 Å². The molecule has 5 heteroatoms. The molecule has 0 saturated carbocycles. The summed E-state index contributed by atoms with van der Waals surface area (Å²) < 4.78 is 27.6. The number of benzene rings is 2. The van der Waals surface area contributed by atoms with E-state index in [0.29, 0.717) is 9.99 Å². The number of hydrogen-bond acceptors (Lipinski definition) is 1. The van der Waals surface area contributed by atoms with Crippen LogP contribution < -0.4 is 0 Å². The maximum Gasteiger partial charge on any atom is 0.196 e. The first-order chi connectivity index (χ1) is 9.58. The Labute approximate surface area is 121 Å². The number of aromatic amines is 1. The number of halogens is 3. The zero-order valence-electron chi connectivity index (χ0n) is 10.1. The third-order valence-electron chi connectivity index (χ3n) is 3.07. The number of rotatable bonds is 2. The Morgan fingerprint density at radius 3 is 2.70 bits per heavy atom. The van der Waals surface area contributed by atoms with E-state index in [1.165, 1.54) is 24.4 Å². The lowest BCUT2D eigenvalue weighted by Gasteiger charge is -2.03. The fraction of sp³-hybridized carbons (Fsp3) is 0. The Morgan fingerprint density at radius 2 is 1.90 bits per heavy atom. The van der Waals surface area contributed by atoms with E-state index < -0.39 is 17.4 Å². The molecule has 100 valence electrons. The van der Waals surface area contributed by atoms with Gasteiger partial charge in [0, 0.05) is 27.1 Å². The third kappa shape index (κ3) is 2.04. The predicted octanol–water partition coefficient (Wildman–Crippen LogP) is 4.44.